The summed E-state index contributed by atoms with van der Waals surface area (Å²) in [5.41, 5.74) is 12.1. The minimum atomic E-state index is 0.961. The average molecular weight is 212 g/mol. The van der Waals surface area contributed by atoms with Crippen molar-refractivity contribution in [3.8, 4) is 0 Å². The molecule has 1 aromatic carbocycles. The molecule has 2 aromatic rings. The number of nitrogens with zero attached hydrogens (tertiary/aromatic N) is 1. The van der Waals surface area contributed by atoms with Crippen molar-refractivity contribution in [1.29, 1.82) is 0 Å². The molecule has 0 atom stereocenters. The van der Waals surface area contributed by atoms with Gasteiger partial charge < -0.3 is 5.73 Å². The van der Waals surface area contributed by atoms with Gasteiger partial charge in [0.15, 0.2) is 0 Å². The molecule has 1 aliphatic rings. The molecule has 0 fully saturated rings. The number of benzene rings is 1. The molecule has 0 radical (unpaired) electrons. The molecule has 0 saturated heterocycles. The fourth-order valence-corrected chi connectivity index (χ4v) is 2.63. The third-order valence-electron chi connectivity index (χ3n) is 3.54. The highest BCUT2D eigenvalue weighted by molar-refractivity contribution is 5.94. The molecule has 0 unspecified atom stereocenters. The number of para-hydroxylation sites is 1. The lowest BCUT2D eigenvalue weighted by atomic mass is 9.92. The SMILES string of the molecule is Cc1cccc2c(N)c3c(nc12)CCCC3. The van der Waals surface area contributed by atoms with Gasteiger partial charge in [0.1, 0.15) is 0 Å². The Morgan fingerprint density at radius 3 is 2.88 bits per heavy atom. The molecule has 3 rings (SSSR count). The maximum absolute atomic E-state index is 6.27. The third-order valence-corrected chi connectivity index (χ3v) is 3.54. The molecule has 1 aliphatic carbocycles. The Morgan fingerprint density at radius 1 is 1.19 bits per heavy atom. The number of hydrogen-bond donors (Lipinski definition) is 1. The van der Waals surface area contributed by atoms with Crippen LogP contribution in [0.1, 0.15) is 29.7 Å². The zero-order chi connectivity index (χ0) is 11.1. The second-order valence-corrected chi connectivity index (χ2v) is 4.63. The van der Waals surface area contributed by atoms with Crippen molar-refractivity contribution < 1.29 is 0 Å². The number of rotatable bonds is 0. The van der Waals surface area contributed by atoms with Gasteiger partial charge in [-0.25, -0.2) is 0 Å². The monoisotopic (exact) mass is 212 g/mol. The van der Waals surface area contributed by atoms with Gasteiger partial charge in [0.05, 0.1) is 5.52 Å². The van der Waals surface area contributed by atoms with Gasteiger partial charge in [0.2, 0.25) is 0 Å². The molecule has 0 amide bonds. The van der Waals surface area contributed by atoms with E-state index in [-0.39, 0.29) is 0 Å². The van der Waals surface area contributed by atoms with Crippen LogP contribution < -0.4 is 5.73 Å². The number of nitrogens with two attached hydrogens (primary N) is 1. The topological polar surface area (TPSA) is 38.9 Å². The van der Waals surface area contributed by atoms with Crippen molar-refractivity contribution in [2.24, 2.45) is 0 Å². The van der Waals surface area contributed by atoms with Crippen LogP contribution in [0.3, 0.4) is 0 Å². The number of nitrogen functional groups attached to an aromatic ring is 1. The smallest absolute Gasteiger partial charge is 0.0755 e. The van der Waals surface area contributed by atoms with Gasteiger partial charge in [-0.1, -0.05) is 18.2 Å². The number of anilines is 1. The Hall–Kier alpha value is -1.57. The normalized spacial score (nSPS) is 15.1. The maximum Gasteiger partial charge on any atom is 0.0755 e. The first kappa shape index (κ1) is 9.64. The van der Waals surface area contributed by atoms with Crippen molar-refractivity contribution in [3.05, 3.63) is 35.0 Å². The van der Waals surface area contributed by atoms with Gasteiger partial charge in [-0.05, 0) is 43.7 Å². The summed E-state index contributed by atoms with van der Waals surface area (Å²) in [7, 11) is 0. The van der Waals surface area contributed by atoms with Crippen molar-refractivity contribution in [2.45, 2.75) is 32.6 Å². The van der Waals surface area contributed by atoms with Crippen LogP contribution in [0, 0.1) is 6.92 Å². The zero-order valence-electron chi connectivity index (χ0n) is 9.59. The summed E-state index contributed by atoms with van der Waals surface area (Å²) >= 11 is 0. The maximum atomic E-state index is 6.27. The van der Waals surface area contributed by atoms with E-state index in [1.54, 1.807) is 0 Å². The lowest BCUT2D eigenvalue weighted by molar-refractivity contribution is 0.673. The molecule has 16 heavy (non-hydrogen) atoms. The van der Waals surface area contributed by atoms with Crippen molar-refractivity contribution in [2.75, 3.05) is 5.73 Å². The fourth-order valence-electron chi connectivity index (χ4n) is 2.63. The van der Waals surface area contributed by atoms with Crippen LogP contribution >= 0.6 is 0 Å². The van der Waals surface area contributed by atoms with Crippen LogP contribution in [0.4, 0.5) is 5.69 Å². The largest absolute Gasteiger partial charge is 0.398 e. The Kier molecular flexibility index (Phi) is 2.10. The van der Waals surface area contributed by atoms with E-state index in [9.17, 15) is 0 Å². The predicted octanol–water partition coefficient (Wildman–Crippen LogP) is 3.00. The van der Waals surface area contributed by atoms with Crippen LogP contribution in [-0.4, -0.2) is 4.98 Å². The number of aryl methyl sites for hydroxylation is 2. The van der Waals surface area contributed by atoms with Gasteiger partial charge in [-0.2, -0.15) is 0 Å². The van der Waals surface area contributed by atoms with Crippen molar-refractivity contribution in [3.63, 3.8) is 0 Å². The van der Waals surface area contributed by atoms with E-state index >= 15 is 0 Å². The highest BCUT2D eigenvalue weighted by atomic mass is 14.7. The Balaban J connectivity index is 2.39. The van der Waals surface area contributed by atoms with Crippen LogP contribution in [-0.2, 0) is 12.8 Å². The summed E-state index contributed by atoms with van der Waals surface area (Å²) in [5, 5.41) is 1.13. The van der Waals surface area contributed by atoms with E-state index < -0.39 is 0 Å². The van der Waals surface area contributed by atoms with E-state index in [0.717, 1.165) is 29.4 Å². The number of aromatic nitrogens is 1. The summed E-state index contributed by atoms with van der Waals surface area (Å²) in [5.74, 6) is 0. The van der Waals surface area contributed by atoms with E-state index in [1.165, 1.54) is 29.7 Å². The van der Waals surface area contributed by atoms with E-state index in [1.807, 2.05) is 0 Å². The molecular formula is C14H16N2. The van der Waals surface area contributed by atoms with Gasteiger partial charge in [0.25, 0.3) is 0 Å². The summed E-state index contributed by atoms with van der Waals surface area (Å²) in [6, 6.07) is 6.24. The average Bonchev–Trinajstić information content (AvgIpc) is 2.31. The summed E-state index contributed by atoms with van der Waals surface area (Å²) in [4.78, 5) is 4.80. The number of pyridine rings is 1. The minimum absolute atomic E-state index is 0.961. The fraction of sp³-hybridized carbons (Fsp3) is 0.357. The van der Waals surface area contributed by atoms with Crippen LogP contribution in [0.2, 0.25) is 0 Å². The van der Waals surface area contributed by atoms with Gasteiger partial charge >= 0.3 is 0 Å². The Bertz CT molecular complexity index is 558. The summed E-state index contributed by atoms with van der Waals surface area (Å²) in [6.45, 7) is 2.10. The first-order valence-corrected chi connectivity index (χ1v) is 5.94. The third kappa shape index (κ3) is 1.29. The van der Waals surface area contributed by atoms with Crippen LogP contribution in [0.25, 0.3) is 10.9 Å². The van der Waals surface area contributed by atoms with Crippen LogP contribution in [0.15, 0.2) is 18.2 Å². The number of hydrogen-bond acceptors (Lipinski definition) is 2. The van der Waals surface area contributed by atoms with Gasteiger partial charge in [0, 0.05) is 16.8 Å². The predicted molar refractivity (Wildman–Crippen MR) is 67.5 cm³/mol. The summed E-state index contributed by atoms with van der Waals surface area (Å²) in [6.07, 6.45) is 4.68. The highest BCUT2D eigenvalue weighted by Crippen LogP contribution is 2.31. The second-order valence-electron chi connectivity index (χ2n) is 4.63. The highest BCUT2D eigenvalue weighted by Gasteiger charge is 2.16. The first-order valence-electron chi connectivity index (χ1n) is 5.94. The molecule has 0 saturated carbocycles. The van der Waals surface area contributed by atoms with E-state index in [0.29, 0.717) is 0 Å². The quantitative estimate of drug-likeness (QED) is 0.729. The molecule has 1 heterocycles. The molecule has 1 aromatic heterocycles. The molecule has 0 spiro atoms. The minimum Gasteiger partial charge on any atom is -0.398 e. The summed E-state index contributed by atoms with van der Waals surface area (Å²) < 4.78 is 0. The zero-order valence-corrected chi connectivity index (χ0v) is 9.59. The van der Waals surface area contributed by atoms with Crippen LogP contribution in [0.5, 0.6) is 0 Å². The molecule has 0 bridgehead atoms. The lowest BCUT2D eigenvalue weighted by Crippen LogP contribution is -2.09. The van der Waals surface area contributed by atoms with Crippen molar-refractivity contribution in [1.82, 2.24) is 4.98 Å². The molecular weight excluding hydrogens is 196 g/mol. The van der Waals surface area contributed by atoms with E-state index in [4.69, 9.17) is 10.7 Å². The van der Waals surface area contributed by atoms with Gasteiger partial charge in [-0.15, -0.1) is 0 Å². The first-order chi connectivity index (χ1) is 7.77. The van der Waals surface area contributed by atoms with Crippen molar-refractivity contribution >= 4 is 16.6 Å². The van der Waals surface area contributed by atoms with E-state index in [2.05, 4.69) is 25.1 Å². The van der Waals surface area contributed by atoms with Gasteiger partial charge in [-0.3, -0.25) is 4.98 Å². The lowest BCUT2D eigenvalue weighted by Gasteiger charge is -2.19. The number of fused-ring (bicyclic) bond motifs is 2. The standard InChI is InChI=1S/C14H16N2/c1-9-5-4-7-11-13(15)10-6-2-3-8-12(10)16-14(9)11/h4-5,7H,2-3,6,8H2,1H3,(H2,15,16). The molecule has 2 N–H and O–H groups in total. The molecule has 0 aliphatic heterocycles. The Labute approximate surface area is 95.5 Å². The second kappa shape index (κ2) is 3.48. The molecule has 2 heteroatoms. The molecule has 82 valence electrons. The Morgan fingerprint density at radius 2 is 2.00 bits per heavy atom. The molecule has 2 nitrogen and oxygen atoms in total.